The van der Waals surface area contributed by atoms with Crippen LogP contribution in [0.3, 0.4) is 0 Å². The van der Waals surface area contributed by atoms with Crippen LogP contribution in [0.25, 0.3) is 17.2 Å². The lowest BCUT2D eigenvalue weighted by molar-refractivity contribution is -0.153. The van der Waals surface area contributed by atoms with Gasteiger partial charge in [-0.3, -0.25) is 14.4 Å². The second kappa shape index (κ2) is 11.2. The number of aliphatic imine (C=N–C) groups is 1. The van der Waals surface area contributed by atoms with E-state index in [1.54, 1.807) is 6.08 Å². The Morgan fingerprint density at radius 1 is 1.06 bits per heavy atom. The average molecular weight is 491 g/mol. The minimum atomic E-state index is -0.560. The third-order valence-electron chi connectivity index (χ3n) is 5.45. The summed E-state index contributed by atoms with van der Waals surface area (Å²) in [7, 11) is 0. The maximum Gasteiger partial charge on any atom is 0.310 e. The number of fused-ring (bicyclic) bond motifs is 1. The number of rotatable bonds is 8. The fraction of sp³-hybridized carbons (Fsp3) is 0.357. The second-order valence-electron chi connectivity index (χ2n) is 9.88. The normalized spacial score (nSPS) is 13.1. The van der Waals surface area contributed by atoms with Crippen molar-refractivity contribution in [2.75, 3.05) is 13.1 Å². The van der Waals surface area contributed by atoms with Crippen molar-refractivity contribution in [2.24, 2.45) is 16.5 Å². The van der Waals surface area contributed by atoms with Gasteiger partial charge in [-0.1, -0.05) is 43.3 Å². The number of hydrogen-bond acceptors (Lipinski definition) is 6. The molecule has 2 aromatic rings. The maximum atomic E-state index is 13.1. The SMILES string of the molecule is CCCN(CC(N)=O)C(=O)C1=Cc2ccc(-c3ccc(CC(=O)OC(C)(C)C)cc3)cc2N=C(N)C1. The number of nitrogens with two attached hydrogens (primary N) is 2. The van der Waals surface area contributed by atoms with Crippen molar-refractivity contribution in [3.8, 4) is 11.1 Å². The highest BCUT2D eigenvalue weighted by molar-refractivity contribution is 6.06. The fourth-order valence-corrected chi connectivity index (χ4v) is 3.98. The number of amidine groups is 1. The third-order valence-corrected chi connectivity index (χ3v) is 5.45. The predicted molar refractivity (Wildman–Crippen MR) is 141 cm³/mol. The lowest BCUT2D eigenvalue weighted by Crippen LogP contribution is -2.40. The van der Waals surface area contributed by atoms with Crippen LogP contribution >= 0.6 is 0 Å². The van der Waals surface area contributed by atoms with Crippen molar-refractivity contribution in [1.82, 2.24) is 4.90 Å². The molecule has 1 heterocycles. The van der Waals surface area contributed by atoms with Crippen LogP contribution in [0.15, 0.2) is 53.0 Å². The number of carbonyl (C=O) groups excluding carboxylic acids is 3. The van der Waals surface area contributed by atoms with Crippen LogP contribution in [-0.4, -0.2) is 47.2 Å². The topological polar surface area (TPSA) is 128 Å². The summed E-state index contributed by atoms with van der Waals surface area (Å²) in [5, 5.41) is 0. The number of nitrogens with zero attached hydrogens (tertiary/aromatic N) is 2. The molecule has 2 amide bonds. The van der Waals surface area contributed by atoms with Gasteiger partial charge in [0, 0.05) is 24.1 Å². The smallest absolute Gasteiger partial charge is 0.310 e. The van der Waals surface area contributed by atoms with E-state index in [1.807, 2.05) is 70.2 Å². The molecule has 2 aromatic carbocycles. The molecule has 8 nitrogen and oxygen atoms in total. The predicted octanol–water partition coefficient (Wildman–Crippen LogP) is 3.74. The summed E-state index contributed by atoms with van der Waals surface area (Å²) in [6, 6.07) is 13.5. The van der Waals surface area contributed by atoms with Gasteiger partial charge < -0.3 is 21.1 Å². The van der Waals surface area contributed by atoms with Gasteiger partial charge in [-0.05, 0) is 56.0 Å². The highest BCUT2D eigenvalue weighted by Crippen LogP contribution is 2.32. The lowest BCUT2D eigenvalue weighted by atomic mass is 9.99. The number of amides is 2. The standard InChI is InChI=1S/C28H34N4O4/c1-5-12-32(17-25(30)33)27(35)22-14-21-11-10-20(15-23(21)31-24(29)16-22)19-8-6-18(7-9-19)13-26(34)36-28(2,3)4/h6-11,14-15H,5,12-13,16-17H2,1-4H3,(H2,29,31)(H2,30,33). The Morgan fingerprint density at radius 3 is 2.33 bits per heavy atom. The van der Waals surface area contributed by atoms with E-state index < -0.39 is 11.5 Å². The Labute approximate surface area is 212 Å². The molecule has 4 N–H and O–H groups in total. The fourth-order valence-electron chi connectivity index (χ4n) is 3.98. The van der Waals surface area contributed by atoms with Crippen molar-refractivity contribution in [3.63, 3.8) is 0 Å². The molecule has 0 saturated heterocycles. The molecule has 0 aliphatic carbocycles. The summed E-state index contributed by atoms with van der Waals surface area (Å²) >= 11 is 0. The molecule has 0 aromatic heterocycles. The summed E-state index contributed by atoms with van der Waals surface area (Å²) < 4.78 is 5.39. The molecule has 36 heavy (non-hydrogen) atoms. The molecule has 0 spiro atoms. The molecule has 0 unspecified atom stereocenters. The van der Waals surface area contributed by atoms with Crippen LogP contribution < -0.4 is 11.5 Å². The molecule has 0 fully saturated rings. The maximum absolute atomic E-state index is 13.1. The van der Waals surface area contributed by atoms with Crippen molar-refractivity contribution in [2.45, 2.75) is 52.6 Å². The van der Waals surface area contributed by atoms with Gasteiger partial charge in [-0.2, -0.15) is 0 Å². The van der Waals surface area contributed by atoms with E-state index in [0.29, 0.717) is 30.1 Å². The van der Waals surface area contributed by atoms with Gasteiger partial charge in [0.2, 0.25) is 5.91 Å². The first-order chi connectivity index (χ1) is 16.9. The van der Waals surface area contributed by atoms with E-state index in [2.05, 4.69) is 4.99 Å². The van der Waals surface area contributed by atoms with Crippen LogP contribution in [0.2, 0.25) is 0 Å². The van der Waals surface area contributed by atoms with Crippen molar-refractivity contribution in [1.29, 1.82) is 0 Å². The molecule has 8 heteroatoms. The molecular weight excluding hydrogens is 456 g/mol. The van der Waals surface area contributed by atoms with Crippen molar-refractivity contribution < 1.29 is 19.1 Å². The highest BCUT2D eigenvalue weighted by Gasteiger charge is 2.22. The van der Waals surface area contributed by atoms with Crippen LogP contribution in [-0.2, 0) is 25.5 Å². The van der Waals surface area contributed by atoms with Crippen LogP contribution in [0.1, 0.15) is 51.7 Å². The van der Waals surface area contributed by atoms with Crippen LogP contribution in [0.4, 0.5) is 5.69 Å². The van der Waals surface area contributed by atoms with E-state index in [0.717, 1.165) is 22.3 Å². The molecule has 0 atom stereocenters. The van der Waals surface area contributed by atoms with E-state index in [9.17, 15) is 14.4 Å². The summed E-state index contributed by atoms with van der Waals surface area (Å²) in [6.07, 6.45) is 2.86. The van der Waals surface area contributed by atoms with E-state index in [-0.39, 0.29) is 31.3 Å². The Hall–Kier alpha value is -3.94. The number of hydrogen-bond donors (Lipinski definition) is 2. The Kier molecular flexibility index (Phi) is 8.29. The quantitative estimate of drug-likeness (QED) is 0.545. The summed E-state index contributed by atoms with van der Waals surface area (Å²) in [5.74, 6) is -0.787. The Morgan fingerprint density at radius 2 is 1.72 bits per heavy atom. The summed E-state index contributed by atoms with van der Waals surface area (Å²) in [4.78, 5) is 42.6. The first kappa shape index (κ1) is 26.7. The zero-order valence-corrected chi connectivity index (χ0v) is 21.3. The largest absolute Gasteiger partial charge is 0.460 e. The molecule has 0 radical (unpaired) electrons. The van der Waals surface area contributed by atoms with Crippen molar-refractivity contribution >= 4 is 35.4 Å². The minimum Gasteiger partial charge on any atom is -0.460 e. The van der Waals surface area contributed by atoms with Gasteiger partial charge in [0.25, 0.3) is 5.91 Å². The Balaban J connectivity index is 1.83. The molecule has 1 aliphatic rings. The van der Waals surface area contributed by atoms with Gasteiger partial charge in [0.15, 0.2) is 0 Å². The summed E-state index contributed by atoms with van der Waals surface area (Å²) in [5.41, 5.74) is 15.6. The minimum absolute atomic E-state index is 0.142. The molecule has 1 aliphatic heterocycles. The monoisotopic (exact) mass is 490 g/mol. The van der Waals surface area contributed by atoms with E-state index >= 15 is 0 Å². The van der Waals surface area contributed by atoms with Gasteiger partial charge in [0.05, 0.1) is 18.7 Å². The van der Waals surface area contributed by atoms with Gasteiger partial charge in [-0.15, -0.1) is 0 Å². The highest BCUT2D eigenvalue weighted by atomic mass is 16.6. The third kappa shape index (κ3) is 7.28. The number of esters is 1. The van der Waals surface area contributed by atoms with Crippen LogP contribution in [0.5, 0.6) is 0 Å². The zero-order valence-electron chi connectivity index (χ0n) is 21.3. The molecule has 190 valence electrons. The first-order valence-corrected chi connectivity index (χ1v) is 12.0. The van der Waals surface area contributed by atoms with E-state index in [1.165, 1.54) is 4.90 Å². The summed E-state index contributed by atoms with van der Waals surface area (Å²) in [6.45, 7) is 7.75. The van der Waals surface area contributed by atoms with E-state index in [4.69, 9.17) is 16.2 Å². The number of ether oxygens (including phenoxy) is 1. The second-order valence-corrected chi connectivity index (χ2v) is 9.88. The zero-order chi connectivity index (χ0) is 26.5. The number of primary amides is 1. The molecular formula is C28H34N4O4. The Bertz CT molecular complexity index is 1210. The average Bonchev–Trinajstić information content (AvgIpc) is 2.94. The van der Waals surface area contributed by atoms with Gasteiger partial charge in [0.1, 0.15) is 11.4 Å². The number of carbonyl (C=O) groups is 3. The van der Waals surface area contributed by atoms with Crippen LogP contribution in [0, 0.1) is 0 Å². The lowest BCUT2D eigenvalue weighted by Gasteiger charge is -2.21. The first-order valence-electron chi connectivity index (χ1n) is 12.0. The van der Waals surface area contributed by atoms with Gasteiger partial charge in [-0.25, -0.2) is 4.99 Å². The number of benzene rings is 2. The van der Waals surface area contributed by atoms with Crippen molar-refractivity contribution in [3.05, 3.63) is 59.2 Å². The molecule has 0 saturated carbocycles. The van der Waals surface area contributed by atoms with Gasteiger partial charge >= 0.3 is 5.97 Å². The molecule has 0 bridgehead atoms. The molecule has 3 rings (SSSR count).